The first-order chi connectivity index (χ1) is 8.18. The number of alkyl halides is 1. The Hall–Kier alpha value is -0.990. The van der Waals surface area contributed by atoms with Crippen LogP contribution in [0, 0.1) is 0 Å². The van der Waals surface area contributed by atoms with Crippen LogP contribution in [0.15, 0.2) is 41.6 Å². The summed E-state index contributed by atoms with van der Waals surface area (Å²) < 4.78 is 0. The molecule has 1 aromatic carbocycles. The lowest BCUT2D eigenvalue weighted by Gasteiger charge is -2.31. The zero-order chi connectivity index (χ0) is 12.3. The molecule has 2 nitrogen and oxygen atoms in total. The molecule has 2 rings (SSSR count). The molecule has 0 fully saturated rings. The van der Waals surface area contributed by atoms with E-state index in [-0.39, 0.29) is 11.5 Å². The van der Waals surface area contributed by atoms with E-state index in [1.807, 2.05) is 13.0 Å². The highest BCUT2D eigenvalue weighted by Crippen LogP contribution is 2.27. The molecule has 17 heavy (non-hydrogen) atoms. The molecule has 0 aromatic heterocycles. The standard InChI is InChI=1S/C14H19ClN2/c1-10-8-9-16-14(13(10)17-11(2)15)12-6-4-3-5-7-12/h3-7,11,14,16-17H,8-9H2,1-2H3. The average molecular weight is 251 g/mol. The van der Waals surface area contributed by atoms with Gasteiger partial charge in [0.2, 0.25) is 0 Å². The monoisotopic (exact) mass is 250 g/mol. The summed E-state index contributed by atoms with van der Waals surface area (Å²) in [4.78, 5) is 0. The van der Waals surface area contributed by atoms with Crippen LogP contribution < -0.4 is 10.6 Å². The molecule has 0 aliphatic carbocycles. The lowest BCUT2D eigenvalue weighted by atomic mass is 9.95. The number of hydrogen-bond acceptors (Lipinski definition) is 2. The van der Waals surface area contributed by atoms with Crippen LogP contribution in [0.5, 0.6) is 0 Å². The molecular formula is C14H19ClN2. The molecule has 1 aliphatic rings. The fourth-order valence-electron chi connectivity index (χ4n) is 2.24. The molecule has 0 amide bonds. The van der Waals surface area contributed by atoms with Crippen LogP contribution in [0.4, 0.5) is 0 Å². The average Bonchev–Trinajstić information content (AvgIpc) is 2.32. The molecule has 3 heteroatoms. The maximum atomic E-state index is 6.06. The lowest BCUT2D eigenvalue weighted by molar-refractivity contribution is 0.512. The van der Waals surface area contributed by atoms with Crippen LogP contribution in [-0.4, -0.2) is 12.0 Å². The zero-order valence-electron chi connectivity index (χ0n) is 10.3. The van der Waals surface area contributed by atoms with Gasteiger partial charge in [-0.1, -0.05) is 47.5 Å². The maximum Gasteiger partial charge on any atom is 0.0982 e. The highest BCUT2D eigenvalue weighted by atomic mass is 35.5. The molecule has 92 valence electrons. The van der Waals surface area contributed by atoms with E-state index in [1.165, 1.54) is 16.8 Å². The third kappa shape index (κ3) is 3.02. The third-order valence-corrected chi connectivity index (χ3v) is 3.19. The summed E-state index contributed by atoms with van der Waals surface area (Å²) in [5.41, 5.74) is 3.85. The van der Waals surface area contributed by atoms with Crippen molar-refractivity contribution in [2.24, 2.45) is 0 Å². The minimum absolute atomic E-state index is 0.0499. The van der Waals surface area contributed by atoms with Crippen LogP contribution in [0.3, 0.4) is 0 Å². The maximum absolute atomic E-state index is 6.06. The Morgan fingerprint density at radius 1 is 1.35 bits per heavy atom. The van der Waals surface area contributed by atoms with Gasteiger partial charge in [0.15, 0.2) is 0 Å². The van der Waals surface area contributed by atoms with Crippen LogP contribution in [0.2, 0.25) is 0 Å². The molecule has 0 saturated heterocycles. The van der Waals surface area contributed by atoms with Crippen molar-refractivity contribution in [3.05, 3.63) is 47.2 Å². The van der Waals surface area contributed by atoms with Gasteiger partial charge in [-0.3, -0.25) is 0 Å². The number of rotatable bonds is 3. The minimum Gasteiger partial charge on any atom is -0.371 e. The summed E-state index contributed by atoms with van der Waals surface area (Å²) in [6.45, 7) is 5.16. The molecule has 1 aromatic rings. The molecule has 0 bridgehead atoms. The Morgan fingerprint density at radius 3 is 2.71 bits per heavy atom. The molecule has 0 saturated carbocycles. The smallest absolute Gasteiger partial charge is 0.0982 e. The fraction of sp³-hybridized carbons (Fsp3) is 0.429. The van der Waals surface area contributed by atoms with E-state index in [2.05, 4.69) is 41.8 Å². The van der Waals surface area contributed by atoms with E-state index >= 15 is 0 Å². The molecule has 2 unspecified atom stereocenters. The summed E-state index contributed by atoms with van der Waals surface area (Å²) in [6.07, 6.45) is 1.08. The van der Waals surface area contributed by atoms with Gasteiger partial charge in [-0.25, -0.2) is 0 Å². The van der Waals surface area contributed by atoms with Crippen LogP contribution in [0.25, 0.3) is 0 Å². The van der Waals surface area contributed by atoms with Crippen LogP contribution >= 0.6 is 11.6 Å². The minimum atomic E-state index is -0.0499. The zero-order valence-corrected chi connectivity index (χ0v) is 11.1. The van der Waals surface area contributed by atoms with Gasteiger partial charge in [0.05, 0.1) is 11.5 Å². The number of hydrogen-bond donors (Lipinski definition) is 2. The Bertz CT molecular complexity index is 398. The summed E-state index contributed by atoms with van der Waals surface area (Å²) in [5, 5.41) is 6.90. The Kier molecular flexibility index (Phi) is 4.08. The van der Waals surface area contributed by atoms with Gasteiger partial charge >= 0.3 is 0 Å². The first kappa shape index (κ1) is 12.5. The van der Waals surface area contributed by atoms with Crippen molar-refractivity contribution in [3.8, 4) is 0 Å². The highest BCUT2D eigenvalue weighted by Gasteiger charge is 2.22. The molecular weight excluding hydrogens is 232 g/mol. The first-order valence-corrected chi connectivity index (χ1v) is 6.50. The Balaban J connectivity index is 2.29. The van der Waals surface area contributed by atoms with Gasteiger partial charge < -0.3 is 10.6 Å². The summed E-state index contributed by atoms with van der Waals surface area (Å²) in [6, 6.07) is 10.7. The van der Waals surface area contributed by atoms with Gasteiger partial charge in [0.25, 0.3) is 0 Å². The highest BCUT2D eigenvalue weighted by molar-refractivity contribution is 6.20. The topological polar surface area (TPSA) is 24.1 Å². The largest absolute Gasteiger partial charge is 0.371 e. The second kappa shape index (κ2) is 5.56. The Labute approximate surface area is 108 Å². The summed E-state index contributed by atoms with van der Waals surface area (Å²) in [5.74, 6) is 0. The van der Waals surface area contributed by atoms with Crippen molar-refractivity contribution in [2.75, 3.05) is 6.54 Å². The predicted octanol–water partition coefficient (Wildman–Crippen LogP) is 3.17. The van der Waals surface area contributed by atoms with E-state index in [1.54, 1.807) is 0 Å². The molecule has 2 atom stereocenters. The quantitative estimate of drug-likeness (QED) is 0.636. The van der Waals surface area contributed by atoms with Gasteiger partial charge in [0, 0.05) is 5.70 Å². The van der Waals surface area contributed by atoms with Crippen molar-refractivity contribution in [1.82, 2.24) is 10.6 Å². The molecule has 0 radical (unpaired) electrons. The number of nitrogens with one attached hydrogen (secondary N) is 2. The van der Waals surface area contributed by atoms with Crippen molar-refractivity contribution in [1.29, 1.82) is 0 Å². The van der Waals surface area contributed by atoms with Crippen molar-refractivity contribution < 1.29 is 0 Å². The van der Waals surface area contributed by atoms with Crippen molar-refractivity contribution in [3.63, 3.8) is 0 Å². The van der Waals surface area contributed by atoms with Crippen molar-refractivity contribution >= 4 is 11.6 Å². The second-order valence-electron chi connectivity index (χ2n) is 4.50. The Morgan fingerprint density at radius 2 is 2.06 bits per heavy atom. The van der Waals surface area contributed by atoms with E-state index in [0.717, 1.165) is 13.0 Å². The van der Waals surface area contributed by atoms with E-state index < -0.39 is 0 Å². The van der Waals surface area contributed by atoms with E-state index in [9.17, 15) is 0 Å². The summed E-state index contributed by atoms with van der Waals surface area (Å²) >= 11 is 6.06. The van der Waals surface area contributed by atoms with Gasteiger partial charge in [-0.15, -0.1) is 0 Å². The molecule has 0 spiro atoms. The fourth-order valence-corrected chi connectivity index (χ4v) is 2.36. The van der Waals surface area contributed by atoms with E-state index in [0.29, 0.717) is 0 Å². The van der Waals surface area contributed by atoms with Crippen LogP contribution in [0.1, 0.15) is 31.9 Å². The normalized spacial score (nSPS) is 22.4. The molecule has 1 heterocycles. The van der Waals surface area contributed by atoms with Gasteiger partial charge in [-0.2, -0.15) is 0 Å². The number of halogens is 1. The van der Waals surface area contributed by atoms with Crippen molar-refractivity contribution in [2.45, 2.75) is 31.8 Å². The SMILES string of the molecule is CC1=C(NC(C)Cl)C(c2ccccc2)NCC1. The first-order valence-electron chi connectivity index (χ1n) is 6.07. The third-order valence-electron chi connectivity index (χ3n) is 3.08. The van der Waals surface area contributed by atoms with Gasteiger partial charge in [0.1, 0.15) is 0 Å². The van der Waals surface area contributed by atoms with Gasteiger partial charge in [-0.05, 0) is 32.4 Å². The van der Waals surface area contributed by atoms with Crippen LogP contribution in [-0.2, 0) is 0 Å². The second-order valence-corrected chi connectivity index (χ2v) is 5.16. The summed E-state index contributed by atoms with van der Waals surface area (Å²) in [7, 11) is 0. The lowest BCUT2D eigenvalue weighted by Crippen LogP contribution is -2.37. The van der Waals surface area contributed by atoms with E-state index in [4.69, 9.17) is 11.6 Å². The molecule has 2 N–H and O–H groups in total. The number of benzene rings is 1. The predicted molar refractivity (Wildman–Crippen MR) is 73.0 cm³/mol. The molecule has 1 aliphatic heterocycles.